The van der Waals surface area contributed by atoms with E-state index in [0.717, 1.165) is 38.3 Å². The van der Waals surface area contributed by atoms with E-state index >= 15 is 0 Å². The largest absolute Gasteiger partial charge is 0.492 e. The van der Waals surface area contributed by atoms with Gasteiger partial charge >= 0.3 is 0 Å². The first kappa shape index (κ1) is 16.1. The summed E-state index contributed by atoms with van der Waals surface area (Å²) in [4.78, 5) is 4.62. The van der Waals surface area contributed by atoms with Gasteiger partial charge in [0.15, 0.2) is 0 Å². The van der Waals surface area contributed by atoms with Crippen LogP contribution in [0.1, 0.15) is 25.5 Å². The molecule has 2 rings (SSSR count). The van der Waals surface area contributed by atoms with Gasteiger partial charge in [0, 0.05) is 26.2 Å². The van der Waals surface area contributed by atoms with Gasteiger partial charge in [0.1, 0.15) is 11.8 Å². The van der Waals surface area contributed by atoms with Gasteiger partial charge in [0.25, 0.3) is 0 Å². The van der Waals surface area contributed by atoms with E-state index in [-0.39, 0.29) is 6.04 Å². The molecule has 1 aliphatic rings. The molecule has 0 aliphatic carbocycles. The Kier molecular flexibility index (Phi) is 5.86. The maximum absolute atomic E-state index is 9.54. The average Bonchev–Trinajstić information content (AvgIpc) is 2.51. The van der Waals surface area contributed by atoms with Crippen LogP contribution in [0.25, 0.3) is 0 Å². The van der Waals surface area contributed by atoms with Crippen molar-refractivity contribution in [3.05, 3.63) is 28.8 Å². The molecule has 0 saturated carbocycles. The van der Waals surface area contributed by atoms with Gasteiger partial charge in [0.2, 0.25) is 0 Å². The summed E-state index contributed by atoms with van der Waals surface area (Å²) in [5, 5.41) is 10.1. The highest BCUT2D eigenvalue weighted by Crippen LogP contribution is 2.30. The fourth-order valence-electron chi connectivity index (χ4n) is 2.66. The van der Waals surface area contributed by atoms with Gasteiger partial charge in [-0.1, -0.05) is 24.6 Å². The van der Waals surface area contributed by atoms with Crippen LogP contribution in [0, 0.1) is 11.3 Å². The van der Waals surface area contributed by atoms with Gasteiger partial charge in [-0.05, 0) is 31.2 Å². The molecule has 0 amide bonds. The molecular formula is C16H22ClN3O. The lowest BCUT2D eigenvalue weighted by Gasteiger charge is -2.36. The Balaban J connectivity index is 2.11. The number of nitriles is 1. The van der Waals surface area contributed by atoms with E-state index in [2.05, 4.69) is 22.8 Å². The zero-order valence-electron chi connectivity index (χ0n) is 12.7. The van der Waals surface area contributed by atoms with Crippen LogP contribution >= 0.6 is 11.6 Å². The lowest BCUT2D eigenvalue weighted by atomic mass is 10.1. The van der Waals surface area contributed by atoms with Crippen LogP contribution < -0.4 is 4.74 Å². The number of hydrogen-bond donors (Lipinski definition) is 0. The summed E-state index contributed by atoms with van der Waals surface area (Å²) in [6.45, 7) is 9.60. The summed E-state index contributed by atoms with van der Waals surface area (Å²) in [6, 6.07) is 7.82. The SMILES string of the molecule is CCOc1ccc(C(C#N)N2CCN(CC)CC2)cc1Cl. The Bertz CT molecular complexity index is 507. The third kappa shape index (κ3) is 3.88. The average molecular weight is 308 g/mol. The Morgan fingerprint density at radius 1 is 1.29 bits per heavy atom. The molecule has 1 heterocycles. The highest BCUT2D eigenvalue weighted by molar-refractivity contribution is 6.32. The fraction of sp³-hybridized carbons (Fsp3) is 0.562. The highest BCUT2D eigenvalue weighted by Gasteiger charge is 2.24. The van der Waals surface area contributed by atoms with Crippen LogP contribution in [0.3, 0.4) is 0 Å². The molecule has 114 valence electrons. The molecule has 5 heteroatoms. The molecule has 1 aliphatic heterocycles. The molecule has 21 heavy (non-hydrogen) atoms. The molecule has 1 aromatic rings. The van der Waals surface area contributed by atoms with Crippen LogP contribution in [0.2, 0.25) is 5.02 Å². The van der Waals surface area contributed by atoms with Crippen molar-refractivity contribution in [1.82, 2.24) is 9.80 Å². The Morgan fingerprint density at radius 2 is 2.00 bits per heavy atom. The first-order valence-corrected chi connectivity index (χ1v) is 7.85. The van der Waals surface area contributed by atoms with Crippen molar-refractivity contribution in [2.24, 2.45) is 0 Å². The summed E-state index contributed by atoms with van der Waals surface area (Å²) >= 11 is 6.23. The lowest BCUT2D eigenvalue weighted by Crippen LogP contribution is -2.47. The summed E-state index contributed by atoms with van der Waals surface area (Å²) in [6.07, 6.45) is 0. The van der Waals surface area contributed by atoms with E-state index in [9.17, 15) is 5.26 Å². The summed E-state index contributed by atoms with van der Waals surface area (Å²) < 4.78 is 5.44. The van der Waals surface area contributed by atoms with Crippen LogP contribution in [0.5, 0.6) is 5.75 Å². The number of halogens is 1. The minimum absolute atomic E-state index is 0.239. The maximum Gasteiger partial charge on any atom is 0.137 e. The number of nitrogens with zero attached hydrogens (tertiary/aromatic N) is 3. The van der Waals surface area contributed by atoms with Gasteiger partial charge in [0.05, 0.1) is 17.7 Å². The smallest absolute Gasteiger partial charge is 0.137 e. The molecule has 1 fully saturated rings. The van der Waals surface area contributed by atoms with Crippen molar-refractivity contribution in [2.75, 3.05) is 39.3 Å². The monoisotopic (exact) mass is 307 g/mol. The Morgan fingerprint density at radius 3 is 2.52 bits per heavy atom. The molecule has 1 atom stereocenters. The highest BCUT2D eigenvalue weighted by atomic mass is 35.5. The lowest BCUT2D eigenvalue weighted by molar-refractivity contribution is 0.118. The number of hydrogen-bond acceptors (Lipinski definition) is 4. The first-order valence-electron chi connectivity index (χ1n) is 7.47. The number of benzene rings is 1. The summed E-state index contributed by atoms with van der Waals surface area (Å²) in [5.41, 5.74) is 0.941. The van der Waals surface area contributed by atoms with Crippen molar-refractivity contribution in [2.45, 2.75) is 19.9 Å². The molecule has 0 N–H and O–H groups in total. The van der Waals surface area contributed by atoms with Crippen molar-refractivity contribution >= 4 is 11.6 Å². The molecule has 4 nitrogen and oxygen atoms in total. The standard InChI is InChI=1S/C16H22ClN3O/c1-3-19-7-9-20(10-8-19)15(12-18)13-5-6-16(21-4-2)14(17)11-13/h5-6,11,15H,3-4,7-10H2,1-2H3. The second-order valence-corrected chi connectivity index (χ2v) is 5.53. The van der Waals surface area contributed by atoms with Crippen molar-refractivity contribution in [3.63, 3.8) is 0 Å². The first-order chi connectivity index (χ1) is 10.2. The van der Waals surface area contributed by atoms with Crippen LogP contribution in [0.15, 0.2) is 18.2 Å². The minimum Gasteiger partial charge on any atom is -0.492 e. The fourth-order valence-corrected chi connectivity index (χ4v) is 2.91. The summed E-state index contributed by atoms with van der Waals surface area (Å²) in [5.74, 6) is 0.676. The van der Waals surface area contributed by atoms with E-state index in [0.29, 0.717) is 17.4 Å². The number of piperazine rings is 1. The normalized spacial score (nSPS) is 18.2. The van der Waals surface area contributed by atoms with E-state index < -0.39 is 0 Å². The third-order valence-corrected chi connectivity index (χ3v) is 4.21. The van der Waals surface area contributed by atoms with Gasteiger partial charge < -0.3 is 9.64 Å². The molecule has 0 bridgehead atoms. The van der Waals surface area contributed by atoms with Crippen molar-refractivity contribution in [3.8, 4) is 11.8 Å². The van der Waals surface area contributed by atoms with Gasteiger partial charge in [-0.25, -0.2) is 0 Å². The quantitative estimate of drug-likeness (QED) is 0.838. The second-order valence-electron chi connectivity index (χ2n) is 5.12. The predicted octanol–water partition coefficient (Wildman–Crippen LogP) is 2.94. The third-order valence-electron chi connectivity index (χ3n) is 3.91. The molecule has 0 aromatic heterocycles. The number of likely N-dealkylation sites (N-methyl/N-ethyl adjacent to an activating group) is 1. The van der Waals surface area contributed by atoms with Crippen LogP contribution in [-0.2, 0) is 0 Å². The van der Waals surface area contributed by atoms with Crippen LogP contribution in [0.4, 0.5) is 0 Å². The molecule has 1 saturated heterocycles. The number of ether oxygens (including phenoxy) is 1. The topological polar surface area (TPSA) is 39.5 Å². The molecule has 0 radical (unpaired) electrons. The molecule has 0 spiro atoms. The van der Waals surface area contributed by atoms with Crippen LogP contribution in [-0.4, -0.2) is 49.1 Å². The maximum atomic E-state index is 9.54. The Labute approximate surface area is 131 Å². The minimum atomic E-state index is -0.239. The second kappa shape index (κ2) is 7.65. The van der Waals surface area contributed by atoms with Crippen molar-refractivity contribution in [1.29, 1.82) is 5.26 Å². The molecule has 1 unspecified atom stereocenters. The van der Waals surface area contributed by atoms with E-state index in [1.165, 1.54) is 0 Å². The molecular weight excluding hydrogens is 286 g/mol. The van der Waals surface area contributed by atoms with Gasteiger partial charge in [-0.3, -0.25) is 4.90 Å². The van der Waals surface area contributed by atoms with E-state index in [1.807, 2.05) is 25.1 Å². The summed E-state index contributed by atoms with van der Waals surface area (Å²) in [7, 11) is 0. The predicted molar refractivity (Wildman–Crippen MR) is 84.7 cm³/mol. The van der Waals surface area contributed by atoms with Crippen molar-refractivity contribution < 1.29 is 4.74 Å². The zero-order valence-corrected chi connectivity index (χ0v) is 13.4. The number of rotatable bonds is 5. The molecule has 1 aromatic carbocycles. The van der Waals surface area contributed by atoms with Gasteiger partial charge in [-0.15, -0.1) is 0 Å². The van der Waals surface area contributed by atoms with Gasteiger partial charge in [-0.2, -0.15) is 5.26 Å². The Hall–Kier alpha value is -1.28. The van der Waals surface area contributed by atoms with E-state index in [4.69, 9.17) is 16.3 Å². The zero-order chi connectivity index (χ0) is 15.2. The van der Waals surface area contributed by atoms with E-state index in [1.54, 1.807) is 0 Å².